The van der Waals surface area contributed by atoms with Crippen molar-refractivity contribution in [2.45, 2.75) is 60.8 Å². The average molecular weight is 395 g/mol. The van der Waals surface area contributed by atoms with E-state index in [0.29, 0.717) is 0 Å². The fourth-order valence-electron chi connectivity index (χ4n) is 2.56. The summed E-state index contributed by atoms with van der Waals surface area (Å²) in [6.45, 7) is 17.1. The lowest BCUT2D eigenvalue weighted by Gasteiger charge is -2.18. The Kier molecular flexibility index (Phi) is 9.49. The van der Waals surface area contributed by atoms with Gasteiger partial charge in [0.1, 0.15) is 0 Å². The molecule has 1 heteroatoms. The van der Waals surface area contributed by atoms with Gasteiger partial charge < -0.3 is 0 Å². The van der Waals surface area contributed by atoms with Crippen LogP contribution in [0.25, 0.3) is 0 Å². The minimum Gasteiger partial charge on any atom is -0.0840 e. The van der Waals surface area contributed by atoms with Gasteiger partial charge in [-0.25, -0.2) is 0 Å². The Hall–Kier alpha value is -2.05. The molecule has 0 unspecified atom stereocenters. The summed E-state index contributed by atoms with van der Waals surface area (Å²) in [7, 11) is 0. The van der Waals surface area contributed by atoms with Crippen molar-refractivity contribution < 1.29 is 0 Å². The summed E-state index contributed by atoms with van der Waals surface area (Å²) in [6.07, 6.45) is 0. The van der Waals surface area contributed by atoms with Crippen molar-refractivity contribution in [1.29, 1.82) is 0 Å². The molecule has 0 spiro atoms. The van der Waals surface area contributed by atoms with Crippen molar-refractivity contribution in [3.05, 3.63) is 105 Å². The largest absolute Gasteiger partial charge is 0.0840 e. The standard InChI is InChI=1S/C11H16.C8H9Cl.C8H10/c1-9-5-7-10(8-6-9)11(2,3)4;1-6-3-4-7(2)8(9)5-6;1-7-4-3-5-8(2)6-7/h5-8H,1-4H3;3-5H,1-2H3;3-6H,1-2H3. The van der Waals surface area contributed by atoms with Crippen LogP contribution in [0.1, 0.15) is 54.2 Å². The number of benzene rings is 3. The predicted octanol–water partition coefficient (Wildman–Crippen LogP) is 8.55. The molecule has 0 amide bonds. The van der Waals surface area contributed by atoms with Crippen molar-refractivity contribution in [1.82, 2.24) is 0 Å². The first kappa shape index (κ1) is 24.0. The zero-order valence-corrected chi connectivity index (χ0v) is 19.5. The fraction of sp³-hybridized carbons (Fsp3) is 0.333. The lowest BCUT2D eigenvalue weighted by molar-refractivity contribution is 0.590. The molecule has 0 aliphatic heterocycles. The Morgan fingerprint density at radius 1 is 0.571 bits per heavy atom. The maximum Gasteiger partial charge on any atom is 0.0437 e. The molecule has 28 heavy (non-hydrogen) atoms. The van der Waals surface area contributed by atoms with Crippen molar-refractivity contribution >= 4 is 11.6 Å². The molecule has 0 nitrogen and oxygen atoms in total. The molecular formula is C27H35Cl. The second-order valence-corrected chi connectivity index (χ2v) is 8.93. The number of hydrogen-bond donors (Lipinski definition) is 0. The molecule has 150 valence electrons. The first-order chi connectivity index (χ1) is 13.0. The van der Waals surface area contributed by atoms with E-state index in [2.05, 4.69) is 96.1 Å². The quantitative estimate of drug-likeness (QED) is 0.358. The molecule has 0 bridgehead atoms. The molecule has 3 aromatic rings. The van der Waals surface area contributed by atoms with Crippen molar-refractivity contribution in [2.75, 3.05) is 0 Å². The van der Waals surface area contributed by atoms with Crippen molar-refractivity contribution in [3.63, 3.8) is 0 Å². The van der Waals surface area contributed by atoms with Crippen molar-refractivity contribution in [3.8, 4) is 0 Å². The summed E-state index contributed by atoms with van der Waals surface area (Å²) in [4.78, 5) is 0. The molecule has 0 atom stereocenters. The molecule has 0 fully saturated rings. The molecule has 0 saturated heterocycles. The predicted molar refractivity (Wildman–Crippen MR) is 127 cm³/mol. The van der Waals surface area contributed by atoms with E-state index in [1.54, 1.807) is 0 Å². The molecule has 0 heterocycles. The molecular weight excluding hydrogens is 360 g/mol. The Morgan fingerprint density at radius 3 is 1.39 bits per heavy atom. The Bertz CT molecular complexity index is 835. The summed E-state index contributed by atoms with van der Waals surface area (Å²) in [6, 6.07) is 23.2. The minimum absolute atomic E-state index is 0.285. The summed E-state index contributed by atoms with van der Waals surface area (Å²) < 4.78 is 0. The van der Waals surface area contributed by atoms with E-state index in [9.17, 15) is 0 Å². The highest BCUT2D eigenvalue weighted by Gasteiger charge is 2.11. The second-order valence-electron chi connectivity index (χ2n) is 8.53. The molecule has 0 aliphatic rings. The van der Waals surface area contributed by atoms with E-state index in [4.69, 9.17) is 11.6 Å². The van der Waals surface area contributed by atoms with Gasteiger partial charge in [-0.05, 0) is 62.8 Å². The van der Waals surface area contributed by atoms with Crippen LogP contribution in [-0.4, -0.2) is 0 Å². The summed E-state index contributed by atoms with van der Waals surface area (Å²) in [5.41, 5.74) is 8.05. The molecule has 3 rings (SSSR count). The first-order valence-electron chi connectivity index (χ1n) is 9.82. The normalized spacial score (nSPS) is 10.3. The monoisotopic (exact) mass is 394 g/mol. The third-order valence-electron chi connectivity index (χ3n) is 4.42. The Labute approximate surface area is 177 Å². The van der Waals surface area contributed by atoms with Gasteiger partial charge in [-0.3, -0.25) is 0 Å². The van der Waals surface area contributed by atoms with Crippen LogP contribution in [0.4, 0.5) is 0 Å². The van der Waals surface area contributed by atoms with Crippen molar-refractivity contribution in [2.24, 2.45) is 0 Å². The van der Waals surface area contributed by atoms with Crippen LogP contribution in [0.15, 0.2) is 66.7 Å². The summed E-state index contributed by atoms with van der Waals surface area (Å²) in [5.74, 6) is 0. The first-order valence-corrected chi connectivity index (χ1v) is 10.2. The average Bonchev–Trinajstić information content (AvgIpc) is 2.59. The van der Waals surface area contributed by atoms with E-state index >= 15 is 0 Å². The molecule has 0 saturated carbocycles. The minimum atomic E-state index is 0.285. The van der Waals surface area contributed by atoms with Gasteiger partial charge in [0.15, 0.2) is 0 Å². The van der Waals surface area contributed by atoms with Gasteiger partial charge in [0.05, 0.1) is 0 Å². The van der Waals surface area contributed by atoms with Gasteiger partial charge in [-0.2, -0.15) is 0 Å². The highest BCUT2D eigenvalue weighted by molar-refractivity contribution is 6.31. The number of aryl methyl sites for hydroxylation is 5. The van der Waals surface area contributed by atoms with E-state index in [0.717, 1.165) is 10.6 Å². The van der Waals surface area contributed by atoms with Gasteiger partial charge in [0, 0.05) is 5.02 Å². The lowest BCUT2D eigenvalue weighted by Crippen LogP contribution is -2.10. The molecule has 0 N–H and O–H groups in total. The van der Waals surface area contributed by atoms with Gasteiger partial charge in [-0.15, -0.1) is 0 Å². The Morgan fingerprint density at radius 2 is 1.04 bits per heavy atom. The van der Waals surface area contributed by atoms with Gasteiger partial charge in [0.2, 0.25) is 0 Å². The molecule has 0 aromatic heterocycles. The SMILES string of the molecule is Cc1ccc(C(C)(C)C)cc1.Cc1ccc(C)c(Cl)c1.Cc1cccc(C)c1. The highest BCUT2D eigenvalue weighted by Crippen LogP contribution is 2.21. The number of halogens is 1. The fourth-order valence-corrected chi connectivity index (χ4v) is 2.79. The zero-order chi connectivity index (χ0) is 21.3. The number of rotatable bonds is 0. The van der Waals surface area contributed by atoms with E-state index < -0.39 is 0 Å². The van der Waals surface area contributed by atoms with E-state index in [1.807, 2.05) is 26.0 Å². The topological polar surface area (TPSA) is 0 Å². The van der Waals surface area contributed by atoms with Gasteiger partial charge >= 0.3 is 0 Å². The Balaban J connectivity index is 0.000000213. The molecule has 0 radical (unpaired) electrons. The summed E-state index contributed by atoms with van der Waals surface area (Å²) in [5, 5.41) is 0.856. The van der Waals surface area contributed by atoms with Gasteiger partial charge in [0.25, 0.3) is 0 Å². The smallest absolute Gasteiger partial charge is 0.0437 e. The van der Waals surface area contributed by atoms with Crippen LogP contribution < -0.4 is 0 Å². The van der Waals surface area contributed by atoms with Crippen LogP contribution in [0, 0.1) is 34.6 Å². The second kappa shape index (κ2) is 11.1. The maximum absolute atomic E-state index is 5.81. The van der Waals surface area contributed by atoms with E-state index in [-0.39, 0.29) is 5.41 Å². The van der Waals surface area contributed by atoms with Crippen LogP contribution in [0.3, 0.4) is 0 Å². The van der Waals surface area contributed by atoms with E-state index in [1.165, 1.54) is 27.8 Å². The lowest BCUT2D eigenvalue weighted by atomic mass is 9.87. The third-order valence-corrected chi connectivity index (χ3v) is 4.83. The van der Waals surface area contributed by atoms with Gasteiger partial charge in [-0.1, -0.05) is 110 Å². The summed E-state index contributed by atoms with van der Waals surface area (Å²) >= 11 is 5.81. The maximum atomic E-state index is 5.81. The zero-order valence-electron chi connectivity index (χ0n) is 18.7. The molecule has 3 aromatic carbocycles. The van der Waals surface area contributed by atoms with Crippen LogP contribution in [-0.2, 0) is 5.41 Å². The molecule has 0 aliphatic carbocycles. The number of hydrogen-bond acceptors (Lipinski definition) is 0. The van der Waals surface area contributed by atoms with Crippen LogP contribution in [0.5, 0.6) is 0 Å². The highest BCUT2D eigenvalue weighted by atomic mass is 35.5. The third kappa shape index (κ3) is 9.24. The van der Waals surface area contributed by atoms with Crippen LogP contribution in [0.2, 0.25) is 5.02 Å². The van der Waals surface area contributed by atoms with Crippen LogP contribution >= 0.6 is 11.6 Å².